The third-order valence-corrected chi connectivity index (χ3v) is 5.61. The van der Waals surface area contributed by atoms with Gasteiger partial charge >= 0.3 is 0 Å². The van der Waals surface area contributed by atoms with Crippen molar-refractivity contribution in [2.75, 3.05) is 18.8 Å². The first-order chi connectivity index (χ1) is 13.8. The van der Waals surface area contributed by atoms with Crippen LogP contribution in [0, 0.1) is 5.92 Å². The van der Waals surface area contributed by atoms with Gasteiger partial charge in [0.15, 0.2) is 13.5 Å². The van der Waals surface area contributed by atoms with Crippen LogP contribution in [0.5, 0.6) is 0 Å². The van der Waals surface area contributed by atoms with E-state index in [1.807, 2.05) is 29.2 Å². The highest BCUT2D eigenvalue weighted by molar-refractivity contribution is 6.30. The van der Waals surface area contributed by atoms with Crippen molar-refractivity contribution in [2.24, 2.45) is 10.9 Å². The molecule has 148 valence electrons. The number of benzene rings is 2. The van der Waals surface area contributed by atoms with Crippen molar-refractivity contribution in [1.82, 2.24) is 4.90 Å². The van der Waals surface area contributed by atoms with Gasteiger partial charge in [-0.3, -0.25) is 0 Å². The van der Waals surface area contributed by atoms with Crippen LogP contribution < -0.4 is 5.32 Å². The van der Waals surface area contributed by atoms with Gasteiger partial charge in [0, 0.05) is 17.3 Å². The van der Waals surface area contributed by atoms with Gasteiger partial charge in [-0.25, -0.2) is 14.8 Å². The van der Waals surface area contributed by atoms with E-state index in [1.54, 1.807) is 0 Å². The Kier molecular flexibility index (Phi) is 6.47. The summed E-state index contributed by atoms with van der Waals surface area (Å²) in [5, 5.41) is 4.14. The Hall–Kier alpha value is -2.08. The topological polar surface area (TPSA) is 46.1 Å². The van der Waals surface area contributed by atoms with Crippen LogP contribution >= 0.6 is 11.6 Å². The minimum Gasteiger partial charge on any atom is -0.326 e. The number of nitrogens with zero attached hydrogens (tertiary/aromatic N) is 2. The number of hydrogen-bond donors (Lipinski definition) is 1. The summed E-state index contributed by atoms with van der Waals surface area (Å²) in [6, 6.07) is 16.5. The maximum absolute atomic E-state index is 5.99. The molecular weight excluding hydrogens is 374 g/mol. The van der Waals surface area contributed by atoms with E-state index in [2.05, 4.69) is 34.6 Å². The van der Waals surface area contributed by atoms with E-state index in [9.17, 15) is 0 Å². The molecule has 4 rings (SSSR count). The van der Waals surface area contributed by atoms with Crippen molar-refractivity contribution in [3.63, 3.8) is 0 Å². The van der Waals surface area contributed by atoms with E-state index in [1.165, 1.54) is 37.7 Å². The largest absolute Gasteiger partial charge is 0.326 e. The van der Waals surface area contributed by atoms with Crippen LogP contribution in [-0.4, -0.2) is 24.3 Å². The fourth-order valence-electron chi connectivity index (χ4n) is 3.84. The normalized spacial score (nSPS) is 18.0. The van der Waals surface area contributed by atoms with Crippen LogP contribution in [0.2, 0.25) is 5.02 Å². The SMILES string of the molecule is Clc1ccc(CN2COOCN=C2Nc2ccc(CC3CCCC3)cc2)cc1. The van der Waals surface area contributed by atoms with Gasteiger partial charge in [-0.2, -0.15) is 0 Å². The predicted octanol–water partition coefficient (Wildman–Crippen LogP) is 5.22. The van der Waals surface area contributed by atoms with Crippen LogP contribution in [0.1, 0.15) is 36.8 Å². The molecule has 0 atom stereocenters. The molecule has 2 aliphatic rings. The molecule has 0 spiro atoms. The van der Waals surface area contributed by atoms with Crippen LogP contribution in [-0.2, 0) is 22.7 Å². The zero-order valence-electron chi connectivity index (χ0n) is 15.9. The molecule has 2 aromatic carbocycles. The van der Waals surface area contributed by atoms with Gasteiger partial charge < -0.3 is 10.2 Å². The van der Waals surface area contributed by atoms with Gasteiger partial charge in [0.1, 0.15) is 0 Å². The molecule has 0 aromatic heterocycles. The fraction of sp³-hybridized carbons (Fsp3) is 0.409. The molecule has 1 aliphatic carbocycles. The number of nitrogens with one attached hydrogen (secondary N) is 1. The lowest BCUT2D eigenvalue weighted by atomic mass is 9.98. The first-order valence-electron chi connectivity index (χ1n) is 9.90. The Morgan fingerprint density at radius 1 is 0.964 bits per heavy atom. The molecule has 28 heavy (non-hydrogen) atoms. The summed E-state index contributed by atoms with van der Waals surface area (Å²) >= 11 is 5.99. The third kappa shape index (κ3) is 5.25. The average molecular weight is 400 g/mol. The second kappa shape index (κ2) is 9.41. The molecule has 0 amide bonds. The highest BCUT2D eigenvalue weighted by Gasteiger charge is 2.17. The zero-order chi connectivity index (χ0) is 19.2. The molecule has 5 nitrogen and oxygen atoms in total. The van der Waals surface area contributed by atoms with Crippen LogP contribution in [0.15, 0.2) is 53.5 Å². The molecule has 1 saturated carbocycles. The first-order valence-corrected chi connectivity index (χ1v) is 10.3. The molecular formula is C22H26ClN3O2. The lowest BCUT2D eigenvalue weighted by Gasteiger charge is -2.24. The van der Waals surface area contributed by atoms with E-state index >= 15 is 0 Å². The quantitative estimate of drug-likeness (QED) is 0.700. The monoisotopic (exact) mass is 399 g/mol. The van der Waals surface area contributed by atoms with Crippen molar-refractivity contribution < 1.29 is 9.78 Å². The Bertz CT molecular complexity index is 786. The molecule has 2 aromatic rings. The van der Waals surface area contributed by atoms with E-state index < -0.39 is 0 Å². The van der Waals surface area contributed by atoms with E-state index in [0.717, 1.165) is 28.2 Å². The minimum absolute atomic E-state index is 0.166. The van der Waals surface area contributed by atoms with Crippen LogP contribution in [0.4, 0.5) is 5.69 Å². The minimum atomic E-state index is 0.166. The maximum atomic E-state index is 5.99. The zero-order valence-corrected chi connectivity index (χ0v) is 16.7. The molecule has 1 fully saturated rings. The van der Waals surface area contributed by atoms with Crippen LogP contribution in [0.3, 0.4) is 0 Å². The Labute approximate surface area is 171 Å². The molecule has 0 radical (unpaired) electrons. The van der Waals surface area contributed by atoms with Crippen molar-refractivity contribution in [3.05, 3.63) is 64.7 Å². The average Bonchev–Trinajstić information content (AvgIpc) is 3.13. The summed E-state index contributed by atoms with van der Waals surface area (Å²) in [5.74, 6) is 1.59. The van der Waals surface area contributed by atoms with E-state index in [4.69, 9.17) is 21.4 Å². The second-order valence-electron chi connectivity index (χ2n) is 7.48. The molecule has 1 aliphatic heterocycles. The van der Waals surface area contributed by atoms with E-state index in [-0.39, 0.29) is 6.73 Å². The Morgan fingerprint density at radius 3 is 2.43 bits per heavy atom. The fourth-order valence-corrected chi connectivity index (χ4v) is 3.96. The number of anilines is 1. The highest BCUT2D eigenvalue weighted by atomic mass is 35.5. The van der Waals surface area contributed by atoms with Crippen molar-refractivity contribution in [1.29, 1.82) is 0 Å². The van der Waals surface area contributed by atoms with Crippen molar-refractivity contribution in [2.45, 2.75) is 38.6 Å². The molecule has 0 unspecified atom stereocenters. The second-order valence-corrected chi connectivity index (χ2v) is 7.91. The number of hydrogen-bond acceptors (Lipinski definition) is 5. The number of rotatable bonds is 5. The summed E-state index contributed by atoms with van der Waals surface area (Å²) in [7, 11) is 0. The molecule has 1 heterocycles. The third-order valence-electron chi connectivity index (χ3n) is 5.35. The number of aliphatic imine (C=N–C) groups is 1. The maximum Gasteiger partial charge on any atom is 0.203 e. The van der Waals surface area contributed by atoms with E-state index in [0.29, 0.717) is 13.3 Å². The Morgan fingerprint density at radius 2 is 1.68 bits per heavy atom. The molecule has 0 saturated heterocycles. The summed E-state index contributed by atoms with van der Waals surface area (Å²) in [4.78, 5) is 16.7. The number of guanidine groups is 1. The Balaban J connectivity index is 1.41. The summed E-state index contributed by atoms with van der Waals surface area (Å²) in [5.41, 5.74) is 3.54. The van der Waals surface area contributed by atoms with Gasteiger partial charge in [-0.05, 0) is 47.7 Å². The highest BCUT2D eigenvalue weighted by Crippen LogP contribution is 2.28. The van der Waals surface area contributed by atoms with Crippen molar-refractivity contribution >= 4 is 23.2 Å². The predicted molar refractivity (Wildman–Crippen MR) is 112 cm³/mol. The van der Waals surface area contributed by atoms with Gasteiger partial charge in [0.05, 0.1) is 0 Å². The standard InChI is InChI=1S/C22H26ClN3O2/c23-20-9-5-19(6-10-20)14-26-16-28-27-15-24-22(26)25-21-11-7-18(8-12-21)13-17-3-1-2-4-17/h5-12,17H,1-4,13-16H2,(H,24,25). The lowest BCUT2D eigenvalue weighted by Crippen LogP contribution is -2.36. The molecule has 1 N–H and O–H groups in total. The number of halogens is 1. The summed E-state index contributed by atoms with van der Waals surface area (Å²) in [6.07, 6.45) is 6.70. The van der Waals surface area contributed by atoms with Crippen molar-refractivity contribution in [3.8, 4) is 0 Å². The lowest BCUT2D eigenvalue weighted by molar-refractivity contribution is -0.304. The van der Waals surface area contributed by atoms with Gasteiger partial charge in [-0.15, -0.1) is 0 Å². The summed E-state index contributed by atoms with van der Waals surface area (Å²) in [6.45, 7) is 1.11. The summed E-state index contributed by atoms with van der Waals surface area (Å²) < 4.78 is 0. The smallest absolute Gasteiger partial charge is 0.203 e. The van der Waals surface area contributed by atoms with Gasteiger partial charge in [0.25, 0.3) is 0 Å². The first kappa shape index (κ1) is 19.2. The van der Waals surface area contributed by atoms with Gasteiger partial charge in [-0.1, -0.05) is 61.5 Å². The molecule has 0 bridgehead atoms. The molecule has 6 heteroatoms. The van der Waals surface area contributed by atoms with Crippen LogP contribution in [0.25, 0.3) is 0 Å². The van der Waals surface area contributed by atoms with Gasteiger partial charge in [0.2, 0.25) is 5.96 Å².